The summed E-state index contributed by atoms with van der Waals surface area (Å²) < 4.78 is 0. The normalized spacial score (nSPS) is 21.4. The lowest BCUT2D eigenvalue weighted by Crippen LogP contribution is -2.43. The van der Waals surface area contributed by atoms with Gasteiger partial charge in [0, 0.05) is 17.8 Å². The van der Waals surface area contributed by atoms with E-state index in [2.05, 4.69) is 44.9 Å². The summed E-state index contributed by atoms with van der Waals surface area (Å²) in [5, 5.41) is 14.6. The molecule has 1 aromatic heterocycles. The Bertz CT molecular complexity index is 612. The third-order valence-electron chi connectivity index (χ3n) is 4.02. The van der Waals surface area contributed by atoms with E-state index in [1.54, 1.807) is 6.20 Å². The fraction of sp³-hybridized carbons (Fsp3) is 0.438. The minimum atomic E-state index is 0.158. The van der Waals surface area contributed by atoms with Crippen LogP contribution in [0.4, 0.5) is 17.5 Å². The number of anilines is 3. The Labute approximate surface area is 130 Å². The molecule has 0 saturated heterocycles. The van der Waals surface area contributed by atoms with Crippen molar-refractivity contribution in [3.05, 3.63) is 36.0 Å². The Balaban J connectivity index is 1.68. The molecule has 22 heavy (non-hydrogen) atoms. The van der Waals surface area contributed by atoms with Gasteiger partial charge in [-0.3, -0.25) is 0 Å². The van der Waals surface area contributed by atoms with Crippen LogP contribution >= 0.6 is 0 Å². The Morgan fingerprint density at radius 3 is 2.68 bits per heavy atom. The first kappa shape index (κ1) is 14.7. The van der Waals surface area contributed by atoms with E-state index in [0.717, 1.165) is 18.5 Å². The van der Waals surface area contributed by atoms with E-state index in [9.17, 15) is 0 Å². The molecule has 0 amide bonds. The number of nitrogens with zero attached hydrogens (tertiary/aromatic N) is 3. The topological polar surface area (TPSA) is 88.8 Å². The number of aryl methyl sites for hydroxylation is 1. The van der Waals surface area contributed by atoms with Crippen molar-refractivity contribution in [2.24, 2.45) is 5.73 Å². The largest absolute Gasteiger partial charge is 0.349 e. The average Bonchev–Trinajstić information content (AvgIpc) is 2.52. The summed E-state index contributed by atoms with van der Waals surface area (Å²) in [4.78, 5) is 4.47. The van der Waals surface area contributed by atoms with Crippen LogP contribution in [0.15, 0.2) is 30.5 Å². The fourth-order valence-electron chi connectivity index (χ4n) is 2.71. The molecule has 6 nitrogen and oxygen atoms in total. The van der Waals surface area contributed by atoms with Crippen molar-refractivity contribution < 1.29 is 0 Å². The van der Waals surface area contributed by atoms with Gasteiger partial charge in [-0.25, -0.2) is 0 Å². The number of rotatable bonds is 4. The number of hydrogen-bond acceptors (Lipinski definition) is 6. The van der Waals surface area contributed by atoms with Gasteiger partial charge in [-0.05, 0) is 31.9 Å². The van der Waals surface area contributed by atoms with E-state index in [0.29, 0.717) is 11.8 Å². The predicted octanol–water partition coefficient (Wildman–Crippen LogP) is 2.61. The third kappa shape index (κ3) is 3.71. The molecule has 3 rings (SSSR count). The summed E-state index contributed by atoms with van der Waals surface area (Å²) >= 11 is 0. The molecule has 0 bridgehead atoms. The molecule has 1 heterocycles. The number of nitrogens with two attached hydrogens (primary N) is 1. The zero-order valence-electron chi connectivity index (χ0n) is 12.8. The molecule has 0 aliphatic heterocycles. The number of hydrogen-bond donors (Lipinski definition) is 3. The van der Waals surface area contributed by atoms with Crippen molar-refractivity contribution in [1.29, 1.82) is 0 Å². The van der Waals surface area contributed by atoms with Crippen LogP contribution in [0, 0.1) is 6.92 Å². The zero-order valence-corrected chi connectivity index (χ0v) is 12.8. The van der Waals surface area contributed by atoms with E-state index in [1.165, 1.54) is 18.4 Å². The van der Waals surface area contributed by atoms with Gasteiger partial charge in [0.05, 0.1) is 6.20 Å². The van der Waals surface area contributed by atoms with Gasteiger partial charge in [0.1, 0.15) is 0 Å². The molecule has 1 aliphatic carbocycles. The highest BCUT2D eigenvalue weighted by Crippen LogP contribution is 2.20. The van der Waals surface area contributed by atoms with E-state index < -0.39 is 0 Å². The van der Waals surface area contributed by atoms with Crippen molar-refractivity contribution in [3.8, 4) is 0 Å². The number of nitrogens with one attached hydrogen (secondary N) is 2. The van der Waals surface area contributed by atoms with Crippen LogP contribution in [0.3, 0.4) is 0 Å². The Morgan fingerprint density at radius 2 is 1.91 bits per heavy atom. The van der Waals surface area contributed by atoms with Crippen molar-refractivity contribution in [2.45, 2.75) is 44.7 Å². The van der Waals surface area contributed by atoms with Crippen LogP contribution in [-0.2, 0) is 0 Å². The van der Waals surface area contributed by atoms with Crippen molar-refractivity contribution >= 4 is 17.5 Å². The van der Waals surface area contributed by atoms with Crippen molar-refractivity contribution in [2.75, 3.05) is 10.6 Å². The molecule has 1 fully saturated rings. The zero-order chi connectivity index (χ0) is 15.4. The fourth-order valence-corrected chi connectivity index (χ4v) is 2.71. The molecule has 1 aromatic carbocycles. The molecule has 2 aromatic rings. The van der Waals surface area contributed by atoms with Gasteiger partial charge in [-0.1, -0.05) is 30.5 Å². The molecule has 6 heteroatoms. The van der Waals surface area contributed by atoms with Gasteiger partial charge in [0.25, 0.3) is 0 Å². The molecule has 0 spiro atoms. The Hall–Kier alpha value is -2.21. The molecule has 1 saturated carbocycles. The lowest BCUT2D eigenvalue weighted by atomic mass is 9.91. The monoisotopic (exact) mass is 298 g/mol. The quantitative estimate of drug-likeness (QED) is 0.804. The predicted molar refractivity (Wildman–Crippen MR) is 88.1 cm³/mol. The lowest BCUT2D eigenvalue weighted by Gasteiger charge is -2.29. The summed E-state index contributed by atoms with van der Waals surface area (Å²) in [6.45, 7) is 2.06. The summed E-state index contributed by atoms with van der Waals surface area (Å²) in [6, 6.07) is 8.52. The van der Waals surface area contributed by atoms with Crippen LogP contribution in [0.25, 0.3) is 0 Å². The highest BCUT2D eigenvalue weighted by atomic mass is 15.3. The molecule has 0 unspecified atom stereocenters. The van der Waals surface area contributed by atoms with Crippen molar-refractivity contribution in [3.63, 3.8) is 0 Å². The first-order valence-corrected chi connectivity index (χ1v) is 7.76. The maximum absolute atomic E-state index is 6.15. The van der Waals surface area contributed by atoms with Crippen LogP contribution in [0.1, 0.15) is 31.2 Å². The van der Waals surface area contributed by atoms with Gasteiger partial charge in [0.15, 0.2) is 5.82 Å². The van der Waals surface area contributed by atoms with Gasteiger partial charge in [0.2, 0.25) is 5.95 Å². The molecule has 1 aliphatic rings. The maximum atomic E-state index is 6.15. The number of aromatic nitrogens is 3. The number of benzene rings is 1. The molecular formula is C16H22N6. The Kier molecular flexibility index (Phi) is 4.48. The molecule has 0 radical (unpaired) electrons. The molecule has 2 atom stereocenters. The minimum absolute atomic E-state index is 0.158. The highest BCUT2D eigenvalue weighted by Gasteiger charge is 2.22. The third-order valence-corrected chi connectivity index (χ3v) is 4.02. The summed E-state index contributed by atoms with van der Waals surface area (Å²) in [5.41, 5.74) is 8.35. The summed E-state index contributed by atoms with van der Waals surface area (Å²) in [7, 11) is 0. The lowest BCUT2D eigenvalue weighted by molar-refractivity contribution is 0.402. The van der Waals surface area contributed by atoms with Crippen LogP contribution in [0.2, 0.25) is 0 Å². The second kappa shape index (κ2) is 6.70. The van der Waals surface area contributed by atoms with Crippen molar-refractivity contribution in [1.82, 2.24) is 15.2 Å². The van der Waals surface area contributed by atoms with Crippen LogP contribution < -0.4 is 16.4 Å². The average molecular weight is 298 g/mol. The second-order valence-corrected chi connectivity index (χ2v) is 5.86. The molecular weight excluding hydrogens is 276 g/mol. The SMILES string of the molecule is Cc1ccc(Nc2cnnc(N[C@@H]3CCCC[C@@H]3N)n2)cc1. The first-order chi connectivity index (χ1) is 10.7. The highest BCUT2D eigenvalue weighted by molar-refractivity contribution is 5.56. The first-order valence-electron chi connectivity index (χ1n) is 7.76. The van der Waals surface area contributed by atoms with Gasteiger partial charge < -0.3 is 16.4 Å². The van der Waals surface area contributed by atoms with E-state index in [1.807, 2.05) is 12.1 Å². The maximum Gasteiger partial charge on any atom is 0.244 e. The van der Waals surface area contributed by atoms with Crippen LogP contribution in [0.5, 0.6) is 0 Å². The van der Waals surface area contributed by atoms with Gasteiger partial charge in [-0.2, -0.15) is 10.1 Å². The van der Waals surface area contributed by atoms with E-state index in [-0.39, 0.29) is 12.1 Å². The van der Waals surface area contributed by atoms with Crippen LogP contribution in [-0.4, -0.2) is 27.3 Å². The smallest absolute Gasteiger partial charge is 0.244 e. The van der Waals surface area contributed by atoms with E-state index >= 15 is 0 Å². The summed E-state index contributed by atoms with van der Waals surface area (Å²) in [6.07, 6.45) is 6.12. The molecule has 116 valence electrons. The summed E-state index contributed by atoms with van der Waals surface area (Å²) in [5.74, 6) is 1.20. The van der Waals surface area contributed by atoms with Gasteiger partial charge in [-0.15, -0.1) is 5.10 Å². The minimum Gasteiger partial charge on any atom is -0.349 e. The Morgan fingerprint density at radius 1 is 1.14 bits per heavy atom. The molecule has 4 N–H and O–H groups in total. The van der Waals surface area contributed by atoms with Gasteiger partial charge >= 0.3 is 0 Å². The standard InChI is InChI=1S/C16H22N6/c1-11-6-8-12(9-7-11)19-15-10-18-22-16(21-15)20-14-5-3-2-4-13(14)17/h6-10,13-14H,2-5,17H2,1H3,(H2,19,20,21,22)/t13-,14+/m0/s1. The second-order valence-electron chi connectivity index (χ2n) is 5.86. The van der Waals surface area contributed by atoms with E-state index in [4.69, 9.17) is 5.73 Å².